The maximum absolute atomic E-state index is 12.1. The van der Waals surface area contributed by atoms with Crippen LogP contribution in [0.25, 0.3) is 0 Å². The Kier molecular flexibility index (Phi) is 4.93. The average molecular weight is 386 g/mol. The van der Waals surface area contributed by atoms with Crippen LogP contribution in [0.5, 0.6) is 0 Å². The molecule has 1 N–H and O–H groups in total. The summed E-state index contributed by atoms with van der Waals surface area (Å²) in [5, 5.41) is 6.04. The summed E-state index contributed by atoms with van der Waals surface area (Å²) >= 11 is 3.85. The normalized spacial score (nSPS) is 10.5. The molecule has 0 fully saturated rings. The summed E-state index contributed by atoms with van der Waals surface area (Å²) in [4.78, 5) is 16.5. The lowest BCUT2D eigenvalue weighted by atomic mass is 10.1. The Morgan fingerprint density at radius 1 is 1.42 bits per heavy atom. The van der Waals surface area contributed by atoms with E-state index in [-0.39, 0.29) is 5.91 Å². The van der Waals surface area contributed by atoms with E-state index in [9.17, 15) is 4.79 Å². The number of hydrogen-bond acceptors (Lipinski definition) is 3. The molecule has 0 aliphatic heterocycles. The minimum atomic E-state index is -0.0126. The van der Waals surface area contributed by atoms with Crippen molar-refractivity contribution < 1.29 is 4.79 Å². The predicted molar refractivity (Wildman–Crippen MR) is 86.8 cm³/mol. The van der Waals surface area contributed by atoms with Gasteiger partial charge in [-0.15, -0.1) is 11.3 Å². The largest absolute Gasteiger partial charge is 0.352 e. The highest BCUT2D eigenvalue weighted by molar-refractivity contribution is 14.1. The highest BCUT2D eigenvalue weighted by Gasteiger charge is 2.10. The van der Waals surface area contributed by atoms with Gasteiger partial charge in [-0.1, -0.05) is 12.1 Å². The van der Waals surface area contributed by atoms with E-state index in [1.165, 1.54) is 0 Å². The number of halogens is 1. The van der Waals surface area contributed by atoms with Crippen LogP contribution in [0, 0.1) is 17.4 Å². The number of aromatic nitrogens is 1. The van der Waals surface area contributed by atoms with Crippen LogP contribution in [-0.4, -0.2) is 17.4 Å². The highest BCUT2D eigenvalue weighted by Crippen LogP contribution is 2.16. The van der Waals surface area contributed by atoms with Crippen LogP contribution in [0.2, 0.25) is 0 Å². The van der Waals surface area contributed by atoms with Gasteiger partial charge in [-0.05, 0) is 48.1 Å². The molecule has 0 bridgehead atoms. The quantitative estimate of drug-likeness (QED) is 0.820. The van der Waals surface area contributed by atoms with E-state index >= 15 is 0 Å². The fourth-order valence-corrected chi connectivity index (χ4v) is 3.10. The maximum Gasteiger partial charge on any atom is 0.252 e. The number of benzene rings is 1. The maximum atomic E-state index is 12.1. The minimum absolute atomic E-state index is 0.0126. The Morgan fingerprint density at radius 3 is 2.89 bits per heavy atom. The van der Waals surface area contributed by atoms with Crippen molar-refractivity contribution in [3.8, 4) is 0 Å². The minimum Gasteiger partial charge on any atom is -0.352 e. The third-order valence-corrected chi connectivity index (χ3v) is 5.19. The van der Waals surface area contributed by atoms with Crippen molar-refractivity contribution >= 4 is 39.8 Å². The average Bonchev–Trinajstić information content (AvgIpc) is 2.78. The molecule has 0 saturated carbocycles. The van der Waals surface area contributed by atoms with Crippen LogP contribution in [0.1, 0.15) is 26.6 Å². The molecule has 0 aliphatic carbocycles. The molecule has 1 heterocycles. The molecule has 2 rings (SSSR count). The van der Waals surface area contributed by atoms with Gasteiger partial charge in [0.15, 0.2) is 0 Å². The summed E-state index contributed by atoms with van der Waals surface area (Å²) in [6, 6.07) is 5.78. The van der Waals surface area contributed by atoms with Crippen molar-refractivity contribution in [1.29, 1.82) is 0 Å². The molecule has 0 spiro atoms. The molecule has 2 aromatic rings. The van der Waals surface area contributed by atoms with E-state index in [0.717, 1.165) is 31.8 Å². The number of thiazole rings is 1. The summed E-state index contributed by atoms with van der Waals surface area (Å²) in [5.74, 6) is -0.0126. The van der Waals surface area contributed by atoms with E-state index in [2.05, 4.69) is 32.9 Å². The second-order valence-corrected chi connectivity index (χ2v) is 6.35. The Labute approximate surface area is 130 Å². The van der Waals surface area contributed by atoms with Gasteiger partial charge in [0.05, 0.1) is 10.6 Å². The zero-order valence-electron chi connectivity index (χ0n) is 10.9. The lowest BCUT2D eigenvalue weighted by Gasteiger charge is -2.07. The van der Waals surface area contributed by atoms with Crippen molar-refractivity contribution in [1.82, 2.24) is 10.3 Å². The van der Waals surface area contributed by atoms with Crippen molar-refractivity contribution in [2.45, 2.75) is 20.3 Å². The number of hydrogen-bond donors (Lipinski definition) is 1. The summed E-state index contributed by atoms with van der Waals surface area (Å²) in [5.41, 5.74) is 2.92. The molecule has 1 amide bonds. The molecule has 1 aromatic heterocycles. The Hall–Kier alpha value is -0.950. The van der Waals surface area contributed by atoms with Crippen LogP contribution in [0.15, 0.2) is 23.6 Å². The first kappa shape index (κ1) is 14.5. The first-order chi connectivity index (χ1) is 9.08. The summed E-state index contributed by atoms with van der Waals surface area (Å²) < 4.78 is 1.02. The number of aryl methyl sites for hydroxylation is 2. The highest BCUT2D eigenvalue weighted by atomic mass is 127. The third kappa shape index (κ3) is 3.76. The molecule has 1 aromatic carbocycles. The van der Waals surface area contributed by atoms with Crippen molar-refractivity contribution in [3.05, 3.63) is 49.0 Å². The molecule has 5 heteroatoms. The second kappa shape index (κ2) is 6.47. The van der Waals surface area contributed by atoms with Gasteiger partial charge in [0.25, 0.3) is 5.91 Å². The van der Waals surface area contributed by atoms with E-state index in [1.807, 2.05) is 37.4 Å². The van der Waals surface area contributed by atoms with Gasteiger partial charge in [0.1, 0.15) is 0 Å². The van der Waals surface area contributed by atoms with Crippen molar-refractivity contribution in [2.24, 2.45) is 0 Å². The van der Waals surface area contributed by atoms with Gasteiger partial charge in [-0.2, -0.15) is 0 Å². The topological polar surface area (TPSA) is 42.0 Å². The molecule has 19 heavy (non-hydrogen) atoms. The van der Waals surface area contributed by atoms with E-state index in [4.69, 9.17) is 0 Å². The Morgan fingerprint density at radius 2 is 2.21 bits per heavy atom. The number of rotatable bonds is 4. The van der Waals surface area contributed by atoms with Gasteiger partial charge >= 0.3 is 0 Å². The van der Waals surface area contributed by atoms with Gasteiger partial charge in [-0.3, -0.25) is 4.79 Å². The van der Waals surface area contributed by atoms with Crippen LogP contribution in [0.4, 0.5) is 0 Å². The smallest absolute Gasteiger partial charge is 0.252 e. The first-order valence-corrected chi connectivity index (χ1v) is 7.98. The zero-order valence-corrected chi connectivity index (χ0v) is 13.8. The first-order valence-electron chi connectivity index (χ1n) is 6.02. The molecule has 3 nitrogen and oxygen atoms in total. The van der Waals surface area contributed by atoms with Gasteiger partial charge < -0.3 is 5.32 Å². The zero-order chi connectivity index (χ0) is 13.8. The summed E-state index contributed by atoms with van der Waals surface area (Å²) in [6.45, 7) is 4.61. The number of nitrogens with zero attached hydrogens (tertiary/aromatic N) is 1. The number of nitrogens with one attached hydrogen (secondary N) is 1. The molecule has 0 aliphatic rings. The van der Waals surface area contributed by atoms with Crippen LogP contribution >= 0.6 is 33.9 Å². The predicted octanol–water partition coefficient (Wildman–Crippen LogP) is 3.34. The molecule has 0 atom stereocenters. The monoisotopic (exact) mass is 386 g/mol. The number of amides is 1. The third-order valence-electron chi connectivity index (χ3n) is 2.73. The van der Waals surface area contributed by atoms with Gasteiger partial charge in [0.2, 0.25) is 0 Å². The molecular weight excluding hydrogens is 371 g/mol. The van der Waals surface area contributed by atoms with E-state index in [1.54, 1.807) is 11.3 Å². The number of carbonyl (C=O) groups excluding carboxylic acids is 1. The fraction of sp³-hybridized carbons (Fsp3) is 0.286. The summed E-state index contributed by atoms with van der Waals surface area (Å²) in [7, 11) is 0. The fourth-order valence-electron chi connectivity index (χ4n) is 1.72. The molecule has 0 unspecified atom stereocenters. The second-order valence-electron chi connectivity index (χ2n) is 4.32. The Bertz CT molecular complexity index is 595. The van der Waals surface area contributed by atoms with Crippen LogP contribution < -0.4 is 5.32 Å². The lowest BCUT2D eigenvalue weighted by Crippen LogP contribution is -2.26. The van der Waals surface area contributed by atoms with Gasteiger partial charge in [-0.25, -0.2) is 4.98 Å². The lowest BCUT2D eigenvalue weighted by molar-refractivity contribution is 0.0953. The van der Waals surface area contributed by atoms with Crippen molar-refractivity contribution in [2.75, 3.05) is 6.54 Å². The van der Waals surface area contributed by atoms with Crippen LogP contribution in [-0.2, 0) is 6.42 Å². The van der Waals surface area contributed by atoms with E-state index in [0.29, 0.717) is 6.54 Å². The number of carbonyl (C=O) groups is 1. The SMILES string of the molecule is Cc1csc(CCNC(=O)c2cccc(C)c2I)n1. The van der Waals surface area contributed by atoms with Gasteiger partial charge in [0, 0.05) is 27.6 Å². The molecule has 100 valence electrons. The van der Waals surface area contributed by atoms with Crippen molar-refractivity contribution in [3.63, 3.8) is 0 Å². The van der Waals surface area contributed by atoms with Crippen LogP contribution in [0.3, 0.4) is 0 Å². The molecule has 0 radical (unpaired) electrons. The van der Waals surface area contributed by atoms with E-state index < -0.39 is 0 Å². The molecular formula is C14H15IN2OS. The standard InChI is InChI=1S/C14H15IN2OS/c1-9-4-3-5-11(13(9)15)14(18)16-7-6-12-17-10(2)8-19-12/h3-5,8H,6-7H2,1-2H3,(H,16,18). The molecule has 0 saturated heterocycles. The summed E-state index contributed by atoms with van der Waals surface area (Å²) in [6.07, 6.45) is 0.784. The Balaban J connectivity index is 1.93.